The molecule has 2 N–H and O–H groups in total. The molecule has 0 aliphatic carbocycles. The Morgan fingerprint density at radius 1 is 1.58 bits per heavy atom. The lowest BCUT2D eigenvalue weighted by Gasteiger charge is -2.06. The number of rotatable bonds is 2. The van der Waals surface area contributed by atoms with Crippen molar-refractivity contribution in [1.82, 2.24) is 0 Å². The van der Waals surface area contributed by atoms with Gasteiger partial charge in [-0.1, -0.05) is 0 Å². The lowest BCUT2D eigenvalue weighted by atomic mass is 10.3. The van der Waals surface area contributed by atoms with Crippen LogP contribution in [0.3, 0.4) is 0 Å². The Balaban J connectivity index is 3.05. The van der Waals surface area contributed by atoms with Crippen molar-refractivity contribution in [3.05, 3.63) is 22.4 Å². The fourth-order valence-corrected chi connectivity index (χ4v) is 1.15. The number of halogens is 2. The van der Waals surface area contributed by atoms with Crippen molar-refractivity contribution in [2.75, 3.05) is 12.3 Å². The van der Waals surface area contributed by atoms with Crippen LogP contribution in [0.2, 0.25) is 0 Å². The zero-order chi connectivity index (χ0) is 9.14. The second kappa shape index (κ2) is 3.76. The number of hydrogen-bond donors (Lipinski definition) is 1. The van der Waals surface area contributed by atoms with Crippen molar-refractivity contribution >= 4 is 21.6 Å². The molecule has 1 rings (SSSR count). The molecule has 66 valence electrons. The molecule has 0 amide bonds. The highest BCUT2D eigenvalue weighted by Crippen LogP contribution is 2.28. The summed E-state index contributed by atoms with van der Waals surface area (Å²) in [6.07, 6.45) is 0. The summed E-state index contributed by atoms with van der Waals surface area (Å²) in [5.41, 5.74) is 5.81. The number of ether oxygens (including phenoxy) is 1. The van der Waals surface area contributed by atoms with E-state index in [0.29, 0.717) is 22.5 Å². The number of nitrogens with two attached hydrogens (primary N) is 1. The Bertz CT molecular complexity index is 291. The molecular weight excluding hydrogens is 225 g/mol. The van der Waals surface area contributed by atoms with Crippen molar-refractivity contribution < 1.29 is 9.13 Å². The lowest BCUT2D eigenvalue weighted by molar-refractivity contribution is 0.341. The number of benzene rings is 1. The monoisotopic (exact) mass is 233 g/mol. The quantitative estimate of drug-likeness (QED) is 0.798. The molecule has 4 heteroatoms. The molecule has 0 bridgehead atoms. The molecule has 0 radical (unpaired) electrons. The molecule has 0 heterocycles. The average Bonchev–Trinajstić information content (AvgIpc) is 2.01. The molecular formula is C8H9BrFNO. The Kier molecular flexibility index (Phi) is 2.92. The molecule has 0 saturated heterocycles. The fraction of sp³-hybridized carbons (Fsp3) is 0.250. The normalized spacial score (nSPS) is 9.92. The maximum atomic E-state index is 12.8. The Morgan fingerprint density at radius 3 is 2.83 bits per heavy atom. The largest absolute Gasteiger partial charge is 0.492 e. The number of nitrogen functional groups attached to an aromatic ring is 1. The fourth-order valence-electron chi connectivity index (χ4n) is 0.824. The van der Waals surface area contributed by atoms with E-state index >= 15 is 0 Å². The van der Waals surface area contributed by atoms with Crippen LogP contribution in [0.4, 0.5) is 10.1 Å². The Hall–Kier alpha value is -0.770. The summed E-state index contributed by atoms with van der Waals surface area (Å²) in [6, 6.07) is 2.75. The highest BCUT2D eigenvalue weighted by molar-refractivity contribution is 9.10. The van der Waals surface area contributed by atoms with Crippen molar-refractivity contribution in [2.24, 2.45) is 0 Å². The third-order valence-electron chi connectivity index (χ3n) is 1.35. The summed E-state index contributed by atoms with van der Waals surface area (Å²) in [5.74, 6) is 0.127. The van der Waals surface area contributed by atoms with Crippen LogP contribution in [0, 0.1) is 5.82 Å². The molecule has 0 aliphatic rings. The van der Waals surface area contributed by atoms with Crippen molar-refractivity contribution in [3.63, 3.8) is 0 Å². The molecule has 1 aromatic carbocycles. The molecule has 0 aromatic heterocycles. The SMILES string of the molecule is CCOc1cc(Br)c(F)cc1N. The summed E-state index contributed by atoms with van der Waals surface area (Å²) in [6.45, 7) is 2.36. The van der Waals surface area contributed by atoms with Gasteiger partial charge in [-0.25, -0.2) is 4.39 Å². The van der Waals surface area contributed by atoms with Gasteiger partial charge >= 0.3 is 0 Å². The summed E-state index contributed by atoms with van der Waals surface area (Å²) in [5, 5.41) is 0. The van der Waals surface area contributed by atoms with Gasteiger partial charge in [0, 0.05) is 6.07 Å². The van der Waals surface area contributed by atoms with Crippen molar-refractivity contribution in [1.29, 1.82) is 0 Å². The van der Waals surface area contributed by atoms with Gasteiger partial charge in [0.1, 0.15) is 11.6 Å². The Labute approximate surface area is 78.6 Å². The van der Waals surface area contributed by atoms with Crippen LogP contribution in [-0.4, -0.2) is 6.61 Å². The van der Waals surface area contributed by atoms with Gasteiger partial charge in [-0.15, -0.1) is 0 Å². The minimum atomic E-state index is -0.379. The van der Waals surface area contributed by atoms with Crippen LogP contribution in [0.15, 0.2) is 16.6 Å². The van der Waals surface area contributed by atoms with Gasteiger partial charge in [0.2, 0.25) is 0 Å². The van der Waals surface area contributed by atoms with Crippen molar-refractivity contribution in [3.8, 4) is 5.75 Å². The molecule has 0 saturated carbocycles. The summed E-state index contributed by atoms with van der Waals surface area (Å²) >= 11 is 3.04. The van der Waals surface area contributed by atoms with E-state index in [1.807, 2.05) is 6.92 Å². The first-order chi connectivity index (χ1) is 5.65. The van der Waals surface area contributed by atoms with E-state index in [-0.39, 0.29) is 5.82 Å². The second-order valence-electron chi connectivity index (χ2n) is 2.24. The topological polar surface area (TPSA) is 35.2 Å². The first-order valence-corrected chi connectivity index (χ1v) is 4.31. The van der Waals surface area contributed by atoms with Crippen LogP contribution in [0.25, 0.3) is 0 Å². The van der Waals surface area contributed by atoms with Crippen LogP contribution in [0.5, 0.6) is 5.75 Å². The summed E-state index contributed by atoms with van der Waals surface area (Å²) in [4.78, 5) is 0. The van der Waals surface area contributed by atoms with E-state index in [1.54, 1.807) is 0 Å². The van der Waals surface area contributed by atoms with Gasteiger partial charge in [-0.3, -0.25) is 0 Å². The predicted molar refractivity (Wildman–Crippen MR) is 49.7 cm³/mol. The van der Waals surface area contributed by atoms with Gasteiger partial charge in [-0.05, 0) is 28.9 Å². The van der Waals surface area contributed by atoms with Crippen LogP contribution < -0.4 is 10.5 Å². The van der Waals surface area contributed by atoms with Gasteiger partial charge in [0.25, 0.3) is 0 Å². The third kappa shape index (κ3) is 1.88. The minimum absolute atomic E-state index is 0.317. The molecule has 0 unspecified atom stereocenters. The first-order valence-electron chi connectivity index (χ1n) is 3.52. The van der Waals surface area contributed by atoms with E-state index in [9.17, 15) is 4.39 Å². The van der Waals surface area contributed by atoms with E-state index in [4.69, 9.17) is 10.5 Å². The van der Waals surface area contributed by atoms with E-state index in [0.717, 1.165) is 0 Å². The van der Waals surface area contributed by atoms with Crippen LogP contribution in [0.1, 0.15) is 6.92 Å². The molecule has 0 atom stereocenters. The maximum Gasteiger partial charge on any atom is 0.143 e. The van der Waals surface area contributed by atoms with Gasteiger partial charge in [-0.2, -0.15) is 0 Å². The first kappa shape index (κ1) is 9.32. The zero-order valence-electron chi connectivity index (χ0n) is 6.60. The van der Waals surface area contributed by atoms with E-state index < -0.39 is 0 Å². The molecule has 0 aliphatic heterocycles. The second-order valence-corrected chi connectivity index (χ2v) is 3.09. The third-order valence-corrected chi connectivity index (χ3v) is 1.96. The van der Waals surface area contributed by atoms with Crippen molar-refractivity contribution in [2.45, 2.75) is 6.92 Å². The Morgan fingerprint density at radius 2 is 2.25 bits per heavy atom. The maximum absolute atomic E-state index is 12.8. The summed E-state index contributed by atoms with van der Waals surface area (Å²) in [7, 11) is 0. The van der Waals surface area contributed by atoms with Crippen LogP contribution in [-0.2, 0) is 0 Å². The predicted octanol–water partition coefficient (Wildman–Crippen LogP) is 2.57. The number of hydrogen-bond acceptors (Lipinski definition) is 2. The molecule has 2 nitrogen and oxygen atoms in total. The lowest BCUT2D eigenvalue weighted by Crippen LogP contribution is -1.97. The molecule has 0 fully saturated rings. The molecule has 12 heavy (non-hydrogen) atoms. The van der Waals surface area contributed by atoms with Gasteiger partial charge in [0.05, 0.1) is 16.8 Å². The summed E-state index contributed by atoms with van der Waals surface area (Å²) < 4.78 is 18.3. The molecule has 0 spiro atoms. The van der Waals surface area contributed by atoms with E-state index in [2.05, 4.69) is 15.9 Å². The highest BCUT2D eigenvalue weighted by atomic mass is 79.9. The minimum Gasteiger partial charge on any atom is -0.492 e. The van der Waals surface area contributed by atoms with E-state index in [1.165, 1.54) is 12.1 Å². The standard InChI is InChI=1S/C8H9BrFNO/c1-2-12-8-3-5(9)6(10)4-7(8)11/h3-4H,2,11H2,1H3. The zero-order valence-corrected chi connectivity index (χ0v) is 8.19. The van der Waals surface area contributed by atoms with Gasteiger partial charge in [0.15, 0.2) is 0 Å². The van der Waals surface area contributed by atoms with Gasteiger partial charge < -0.3 is 10.5 Å². The van der Waals surface area contributed by atoms with Crippen LogP contribution >= 0.6 is 15.9 Å². The highest BCUT2D eigenvalue weighted by Gasteiger charge is 2.05. The average molecular weight is 234 g/mol. The molecule has 1 aromatic rings. The number of anilines is 1. The smallest absolute Gasteiger partial charge is 0.143 e.